The molecule has 9 heteroatoms. The van der Waals surface area contributed by atoms with E-state index in [1.54, 1.807) is 6.07 Å². The lowest BCUT2D eigenvalue weighted by Crippen LogP contribution is -2.55. The third kappa shape index (κ3) is 4.27. The van der Waals surface area contributed by atoms with Gasteiger partial charge in [-0.1, -0.05) is 13.8 Å². The van der Waals surface area contributed by atoms with Crippen LogP contribution in [0.2, 0.25) is 0 Å². The van der Waals surface area contributed by atoms with Crippen LogP contribution in [0, 0.1) is 10.1 Å². The molecule has 1 heterocycles. The molecule has 0 aromatic heterocycles. The molecule has 0 unspecified atom stereocenters. The van der Waals surface area contributed by atoms with Crippen molar-refractivity contribution >= 4 is 11.6 Å². The number of hydrogen-bond acceptors (Lipinski definition) is 8. The van der Waals surface area contributed by atoms with Crippen LogP contribution in [0.5, 0.6) is 5.75 Å². The highest BCUT2D eigenvalue weighted by atomic mass is 16.6. The number of nitro benzene ring substituents is 1. The van der Waals surface area contributed by atoms with Gasteiger partial charge in [0.1, 0.15) is 29.8 Å². The Morgan fingerprint density at radius 2 is 2.18 bits per heavy atom. The van der Waals surface area contributed by atoms with Crippen LogP contribution in [0.1, 0.15) is 38.3 Å². The van der Waals surface area contributed by atoms with Gasteiger partial charge in [-0.25, -0.2) is 4.79 Å². The number of non-ortho nitro benzene ring substituents is 1. The molecule has 9 nitrogen and oxygen atoms in total. The molecule has 1 aliphatic rings. The lowest BCUT2D eigenvalue weighted by molar-refractivity contribution is -0.385. The summed E-state index contributed by atoms with van der Waals surface area (Å²) in [6, 6.07) is 3.64. The second-order valence-electron chi connectivity index (χ2n) is 6.30. The van der Waals surface area contributed by atoms with Gasteiger partial charge in [0, 0.05) is 23.9 Å². The summed E-state index contributed by atoms with van der Waals surface area (Å²) >= 11 is 0. The molecule has 0 saturated heterocycles. The monoisotopic (exact) mass is 392 g/mol. The first-order chi connectivity index (χ1) is 13.4. The normalized spacial score (nSPS) is 20.2. The van der Waals surface area contributed by atoms with Crippen molar-refractivity contribution < 1.29 is 29.0 Å². The Bertz CT molecular complexity index is 782. The maximum absolute atomic E-state index is 11.2. The Labute approximate surface area is 162 Å². The largest absolute Gasteiger partial charge is 0.496 e. The summed E-state index contributed by atoms with van der Waals surface area (Å²) in [6.45, 7) is 3.80. The molecule has 0 fully saturated rings. The number of nitrogens with one attached hydrogen (secondary N) is 1. The molecular weight excluding hydrogens is 368 g/mol. The quantitative estimate of drug-likeness (QED) is 0.284. The van der Waals surface area contributed by atoms with Gasteiger partial charge in [0.15, 0.2) is 12.2 Å². The SMILES string of the molecule is CCC1(CC)Oc2ccc([N+](=O)[O-])cc2[C@@H](NC=C(COC=C=O)OC)[C@@H]1O. The van der Waals surface area contributed by atoms with Crippen molar-refractivity contribution in [3.63, 3.8) is 0 Å². The van der Waals surface area contributed by atoms with Crippen LogP contribution in [0.3, 0.4) is 0 Å². The van der Waals surface area contributed by atoms with Crippen LogP contribution in [0.15, 0.2) is 36.4 Å². The van der Waals surface area contributed by atoms with E-state index in [4.69, 9.17) is 14.2 Å². The van der Waals surface area contributed by atoms with Crippen molar-refractivity contribution in [1.82, 2.24) is 5.32 Å². The van der Waals surface area contributed by atoms with Crippen molar-refractivity contribution in [1.29, 1.82) is 0 Å². The fourth-order valence-corrected chi connectivity index (χ4v) is 3.23. The van der Waals surface area contributed by atoms with E-state index in [1.165, 1.54) is 31.4 Å². The maximum atomic E-state index is 11.2. The molecule has 0 bridgehead atoms. The van der Waals surface area contributed by atoms with Crippen molar-refractivity contribution in [3.8, 4) is 5.75 Å². The van der Waals surface area contributed by atoms with Crippen molar-refractivity contribution in [2.75, 3.05) is 13.7 Å². The van der Waals surface area contributed by atoms with E-state index in [0.29, 0.717) is 29.9 Å². The van der Waals surface area contributed by atoms with Gasteiger partial charge < -0.3 is 24.6 Å². The van der Waals surface area contributed by atoms with E-state index in [9.17, 15) is 20.0 Å². The Balaban J connectivity index is 2.42. The number of nitro groups is 1. The highest BCUT2D eigenvalue weighted by Gasteiger charge is 2.47. The second-order valence-corrected chi connectivity index (χ2v) is 6.30. The van der Waals surface area contributed by atoms with Crippen molar-refractivity contribution in [3.05, 3.63) is 52.1 Å². The van der Waals surface area contributed by atoms with E-state index in [2.05, 4.69) is 5.32 Å². The molecule has 1 aromatic rings. The fourth-order valence-electron chi connectivity index (χ4n) is 3.23. The maximum Gasteiger partial charge on any atom is 0.270 e. The third-order valence-corrected chi connectivity index (χ3v) is 4.95. The minimum Gasteiger partial charge on any atom is -0.496 e. The van der Waals surface area contributed by atoms with E-state index in [0.717, 1.165) is 6.26 Å². The molecule has 2 atom stereocenters. The van der Waals surface area contributed by atoms with Crippen LogP contribution >= 0.6 is 0 Å². The first-order valence-electron chi connectivity index (χ1n) is 8.87. The first-order valence-corrected chi connectivity index (χ1v) is 8.87. The highest BCUT2D eigenvalue weighted by molar-refractivity contribution is 5.48. The van der Waals surface area contributed by atoms with Crippen molar-refractivity contribution in [2.45, 2.75) is 44.4 Å². The van der Waals surface area contributed by atoms with E-state index in [1.807, 2.05) is 13.8 Å². The van der Waals surface area contributed by atoms with Crippen LogP contribution in [-0.4, -0.2) is 41.4 Å². The number of nitrogens with zero attached hydrogens (tertiary/aromatic N) is 1. The molecule has 2 N–H and O–H groups in total. The highest BCUT2D eigenvalue weighted by Crippen LogP contribution is 2.44. The summed E-state index contributed by atoms with van der Waals surface area (Å²) in [7, 11) is 1.43. The zero-order valence-corrected chi connectivity index (χ0v) is 16.0. The van der Waals surface area contributed by atoms with Crippen LogP contribution < -0.4 is 10.1 Å². The number of ether oxygens (including phenoxy) is 3. The predicted octanol–water partition coefficient (Wildman–Crippen LogP) is 2.39. The number of carbonyl (C=O) groups excluding carboxylic acids is 1. The average molecular weight is 392 g/mol. The molecule has 0 spiro atoms. The molecule has 1 aliphatic heterocycles. The molecule has 0 aliphatic carbocycles. The van der Waals surface area contributed by atoms with E-state index >= 15 is 0 Å². The van der Waals surface area contributed by atoms with Gasteiger partial charge in [0.25, 0.3) is 5.69 Å². The zero-order chi connectivity index (χ0) is 20.7. The standard InChI is InChI=1S/C19H24N2O7/c1-4-19(5-2)18(23)17(20-11-14(26-3)12-27-9-8-22)15-10-13(21(24)25)6-7-16(15)28-19/h6-7,9-11,17-18,20,23H,4-5,12H2,1-3H3/t17-,18+/m1/s1. The average Bonchev–Trinajstić information content (AvgIpc) is 2.71. The zero-order valence-electron chi connectivity index (χ0n) is 16.0. The smallest absolute Gasteiger partial charge is 0.270 e. The van der Waals surface area contributed by atoms with E-state index < -0.39 is 22.7 Å². The Hall–Kier alpha value is -3.03. The number of hydrogen-bond donors (Lipinski definition) is 2. The lowest BCUT2D eigenvalue weighted by Gasteiger charge is -2.45. The predicted molar refractivity (Wildman–Crippen MR) is 100 cm³/mol. The van der Waals surface area contributed by atoms with Crippen LogP contribution in [0.4, 0.5) is 5.69 Å². The van der Waals surface area contributed by atoms with Gasteiger partial charge in [0.2, 0.25) is 0 Å². The lowest BCUT2D eigenvalue weighted by atomic mass is 9.80. The summed E-state index contributed by atoms with van der Waals surface area (Å²) in [5.74, 6) is 2.33. The summed E-state index contributed by atoms with van der Waals surface area (Å²) in [6.07, 6.45) is 2.49. The molecule has 1 aromatic carbocycles. The van der Waals surface area contributed by atoms with Gasteiger partial charge >= 0.3 is 0 Å². The van der Waals surface area contributed by atoms with Gasteiger partial charge in [0.05, 0.1) is 18.1 Å². The minimum atomic E-state index is -0.970. The van der Waals surface area contributed by atoms with Gasteiger partial charge in [-0.3, -0.25) is 10.1 Å². The number of benzene rings is 1. The summed E-state index contributed by atoms with van der Waals surface area (Å²) in [4.78, 5) is 20.9. The molecule has 2 rings (SSSR count). The third-order valence-electron chi connectivity index (χ3n) is 4.95. The molecular formula is C19H24N2O7. The number of fused-ring (bicyclic) bond motifs is 1. The Kier molecular flexibility index (Phi) is 7.03. The van der Waals surface area contributed by atoms with Crippen LogP contribution in [-0.2, 0) is 14.3 Å². The minimum absolute atomic E-state index is 0.0213. The van der Waals surface area contributed by atoms with Crippen LogP contribution in [0.25, 0.3) is 0 Å². The number of rotatable bonds is 9. The van der Waals surface area contributed by atoms with Gasteiger partial charge in [-0.15, -0.1) is 0 Å². The van der Waals surface area contributed by atoms with E-state index in [-0.39, 0.29) is 12.3 Å². The van der Waals surface area contributed by atoms with Crippen molar-refractivity contribution in [2.24, 2.45) is 0 Å². The molecule has 28 heavy (non-hydrogen) atoms. The summed E-state index contributed by atoms with van der Waals surface area (Å²) in [5, 5.41) is 25.3. The molecule has 0 saturated carbocycles. The number of aliphatic hydroxyl groups excluding tert-OH is 1. The fraction of sp³-hybridized carbons (Fsp3) is 0.474. The Morgan fingerprint density at radius 3 is 2.75 bits per heavy atom. The molecule has 0 amide bonds. The number of methoxy groups -OCH3 is 1. The molecule has 0 radical (unpaired) electrons. The van der Waals surface area contributed by atoms with Gasteiger partial charge in [-0.05, 0) is 18.9 Å². The first kappa shape index (κ1) is 21.3. The summed E-state index contributed by atoms with van der Waals surface area (Å²) in [5.41, 5.74) is -0.463. The Morgan fingerprint density at radius 1 is 1.46 bits per heavy atom. The number of aliphatic hydroxyl groups is 1. The molecule has 152 valence electrons. The topological polar surface area (TPSA) is 120 Å². The summed E-state index contributed by atoms with van der Waals surface area (Å²) < 4.78 is 16.2. The van der Waals surface area contributed by atoms with Gasteiger partial charge in [-0.2, -0.15) is 0 Å². The second kappa shape index (κ2) is 9.25.